The SMILES string of the molecule is COCC1CC(n2cc(Br)c3cc(NC(C)=O)ncc32)C1. The molecule has 0 atom stereocenters. The third kappa shape index (κ3) is 2.82. The number of halogens is 1. The van der Waals surface area contributed by atoms with E-state index in [1.807, 2.05) is 12.3 Å². The fraction of sp³-hybridized carbons (Fsp3) is 0.467. The van der Waals surface area contributed by atoms with Gasteiger partial charge in [0.05, 0.1) is 11.7 Å². The van der Waals surface area contributed by atoms with Gasteiger partial charge >= 0.3 is 0 Å². The Morgan fingerprint density at radius 2 is 2.33 bits per heavy atom. The van der Waals surface area contributed by atoms with Crippen LogP contribution in [0.4, 0.5) is 5.82 Å². The number of hydrogen-bond acceptors (Lipinski definition) is 3. The van der Waals surface area contributed by atoms with Crippen molar-refractivity contribution in [1.82, 2.24) is 9.55 Å². The molecule has 2 aromatic rings. The van der Waals surface area contributed by atoms with Gasteiger partial charge in [0.25, 0.3) is 0 Å². The van der Waals surface area contributed by atoms with Gasteiger partial charge in [0.2, 0.25) is 5.91 Å². The maximum absolute atomic E-state index is 11.1. The Labute approximate surface area is 131 Å². The number of pyridine rings is 1. The van der Waals surface area contributed by atoms with Crippen molar-refractivity contribution in [3.63, 3.8) is 0 Å². The largest absolute Gasteiger partial charge is 0.384 e. The van der Waals surface area contributed by atoms with Crippen molar-refractivity contribution in [2.75, 3.05) is 19.0 Å². The van der Waals surface area contributed by atoms with E-state index in [4.69, 9.17) is 4.74 Å². The van der Waals surface area contributed by atoms with Gasteiger partial charge in [-0.2, -0.15) is 0 Å². The van der Waals surface area contributed by atoms with E-state index in [-0.39, 0.29) is 5.91 Å². The smallest absolute Gasteiger partial charge is 0.222 e. The number of hydrogen-bond donors (Lipinski definition) is 1. The lowest BCUT2D eigenvalue weighted by Crippen LogP contribution is -2.29. The summed E-state index contributed by atoms with van der Waals surface area (Å²) in [6.45, 7) is 2.32. The summed E-state index contributed by atoms with van der Waals surface area (Å²) in [7, 11) is 1.75. The fourth-order valence-corrected chi connectivity index (χ4v) is 3.49. The number of nitrogens with zero attached hydrogens (tertiary/aromatic N) is 2. The minimum atomic E-state index is -0.112. The zero-order valence-corrected chi connectivity index (χ0v) is 13.7. The molecule has 1 saturated carbocycles. The minimum absolute atomic E-state index is 0.112. The van der Waals surface area contributed by atoms with E-state index >= 15 is 0 Å². The topological polar surface area (TPSA) is 56.1 Å². The summed E-state index contributed by atoms with van der Waals surface area (Å²) in [6, 6.07) is 2.41. The molecule has 0 saturated heterocycles. The maximum atomic E-state index is 11.1. The van der Waals surface area contributed by atoms with Gasteiger partial charge in [0.1, 0.15) is 5.82 Å². The number of amides is 1. The molecule has 112 valence electrons. The third-order valence-electron chi connectivity index (χ3n) is 3.98. The predicted molar refractivity (Wildman–Crippen MR) is 85.4 cm³/mol. The number of methoxy groups -OCH3 is 1. The van der Waals surface area contributed by atoms with E-state index in [2.05, 4.69) is 37.0 Å². The Kier molecular flexibility index (Phi) is 3.99. The van der Waals surface area contributed by atoms with Gasteiger partial charge in [-0.3, -0.25) is 4.79 Å². The lowest BCUT2D eigenvalue weighted by molar-refractivity contribution is -0.114. The van der Waals surface area contributed by atoms with Crippen molar-refractivity contribution < 1.29 is 9.53 Å². The summed E-state index contributed by atoms with van der Waals surface area (Å²) in [6.07, 6.45) is 6.21. The molecule has 0 bridgehead atoms. The van der Waals surface area contributed by atoms with Gasteiger partial charge in [0.15, 0.2) is 0 Å². The van der Waals surface area contributed by atoms with Gasteiger partial charge in [0, 0.05) is 42.7 Å². The molecule has 2 heterocycles. The van der Waals surface area contributed by atoms with Gasteiger partial charge < -0.3 is 14.6 Å². The normalized spacial score (nSPS) is 21.3. The molecule has 0 spiro atoms. The van der Waals surface area contributed by atoms with Crippen LogP contribution in [0.15, 0.2) is 22.9 Å². The van der Waals surface area contributed by atoms with Crippen molar-refractivity contribution in [3.8, 4) is 0 Å². The number of carbonyl (C=O) groups excluding carboxylic acids is 1. The summed E-state index contributed by atoms with van der Waals surface area (Å²) in [5.74, 6) is 1.13. The Balaban J connectivity index is 1.86. The summed E-state index contributed by atoms with van der Waals surface area (Å²) in [4.78, 5) is 15.4. The molecule has 21 heavy (non-hydrogen) atoms. The first kappa shape index (κ1) is 14.5. The molecule has 1 amide bonds. The van der Waals surface area contributed by atoms with Crippen LogP contribution in [0.5, 0.6) is 0 Å². The average molecular weight is 352 g/mol. The molecule has 1 aliphatic rings. The van der Waals surface area contributed by atoms with Crippen LogP contribution in [-0.4, -0.2) is 29.2 Å². The first-order valence-electron chi connectivity index (χ1n) is 7.01. The molecule has 1 aliphatic carbocycles. The molecular weight excluding hydrogens is 334 g/mol. The first-order valence-corrected chi connectivity index (χ1v) is 7.80. The third-order valence-corrected chi connectivity index (χ3v) is 4.61. The quantitative estimate of drug-likeness (QED) is 0.918. The number of anilines is 1. The zero-order valence-electron chi connectivity index (χ0n) is 12.1. The van der Waals surface area contributed by atoms with E-state index in [0.717, 1.165) is 34.8 Å². The van der Waals surface area contributed by atoms with E-state index in [1.54, 1.807) is 7.11 Å². The van der Waals surface area contributed by atoms with Gasteiger partial charge in [-0.15, -0.1) is 0 Å². The van der Waals surface area contributed by atoms with Crippen LogP contribution in [0, 0.1) is 5.92 Å². The molecule has 1 N–H and O–H groups in total. The maximum Gasteiger partial charge on any atom is 0.222 e. The summed E-state index contributed by atoms with van der Waals surface area (Å²) in [5.41, 5.74) is 1.09. The molecule has 0 aromatic carbocycles. The van der Waals surface area contributed by atoms with Gasteiger partial charge in [-0.05, 0) is 40.8 Å². The second-order valence-electron chi connectivity index (χ2n) is 5.60. The van der Waals surface area contributed by atoms with Crippen molar-refractivity contribution in [3.05, 3.63) is 22.9 Å². The minimum Gasteiger partial charge on any atom is -0.384 e. The van der Waals surface area contributed by atoms with Crippen LogP contribution in [0.25, 0.3) is 10.9 Å². The predicted octanol–water partition coefficient (Wildman–Crippen LogP) is 3.35. The highest BCUT2D eigenvalue weighted by molar-refractivity contribution is 9.10. The number of rotatable bonds is 4. The Bertz CT molecular complexity index is 677. The van der Waals surface area contributed by atoms with Crippen LogP contribution in [0.3, 0.4) is 0 Å². The van der Waals surface area contributed by atoms with Gasteiger partial charge in [-0.25, -0.2) is 4.98 Å². The molecule has 1 fully saturated rings. The number of ether oxygens (including phenoxy) is 1. The Morgan fingerprint density at radius 1 is 1.57 bits per heavy atom. The first-order chi connectivity index (χ1) is 10.1. The van der Waals surface area contributed by atoms with Crippen molar-refractivity contribution in [2.24, 2.45) is 5.92 Å². The number of aromatic nitrogens is 2. The Hall–Kier alpha value is -1.40. The highest BCUT2D eigenvalue weighted by Crippen LogP contribution is 2.41. The summed E-state index contributed by atoms with van der Waals surface area (Å²) >= 11 is 3.60. The standard InChI is InChI=1S/C15H18BrN3O2/c1-9(20)18-15-5-12-13(16)7-19(14(12)6-17-15)11-3-10(4-11)8-21-2/h5-7,10-11H,3-4,8H2,1-2H3,(H,17,18,20). The summed E-state index contributed by atoms with van der Waals surface area (Å²) < 4.78 is 8.51. The van der Waals surface area contributed by atoms with E-state index < -0.39 is 0 Å². The van der Waals surface area contributed by atoms with E-state index in [9.17, 15) is 4.79 Å². The van der Waals surface area contributed by atoms with Crippen LogP contribution >= 0.6 is 15.9 Å². The van der Waals surface area contributed by atoms with Crippen LogP contribution in [-0.2, 0) is 9.53 Å². The molecule has 0 aliphatic heterocycles. The van der Waals surface area contributed by atoms with E-state index in [1.165, 1.54) is 6.92 Å². The second kappa shape index (κ2) is 5.77. The highest BCUT2D eigenvalue weighted by Gasteiger charge is 2.31. The molecule has 0 radical (unpaired) electrons. The zero-order chi connectivity index (χ0) is 15.0. The Morgan fingerprint density at radius 3 is 3.00 bits per heavy atom. The summed E-state index contributed by atoms with van der Waals surface area (Å²) in [5, 5.41) is 3.79. The monoisotopic (exact) mass is 351 g/mol. The molecular formula is C15H18BrN3O2. The number of carbonyl (C=O) groups is 1. The van der Waals surface area contributed by atoms with E-state index in [0.29, 0.717) is 17.8 Å². The van der Waals surface area contributed by atoms with Crippen LogP contribution < -0.4 is 5.32 Å². The number of nitrogens with one attached hydrogen (secondary N) is 1. The van der Waals surface area contributed by atoms with Crippen molar-refractivity contribution in [2.45, 2.75) is 25.8 Å². The van der Waals surface area contributed by atoms with Crippen molar-refractivity contribution in [1.29, 1.82) is 0 Å². The second-order valence-corrected chi connectivity index (χ2v) is 6.45. The highest BCUT2D eigenvalue weighted by atomic mass is 79.9. The van der Waals surface area contributed by atoms with Gasteiger partial charge in [-0.1, -0.05) is 0 Å². The van der Waals surface area contributed by atoms with Crippen molar-refractivity contribution >= 4 is 38.6 Å². The lowest BCUT2D eigenvalue weighted by Gasteiger charge is -2.36. The lowest BCUT2D eigenvalue weighted by atomic mass is 9.80. The molecule has 5 nitrogen and oxygen atoms in total. The molecule has 2 aromatic heterocycles. The molecule has 0 unspecified atom stereocenters. The van der Waals surface area contributed by atoms with Crippen LogP contribution in [0.1, 0.15) is 25.8 Å². The average Bonchev–Trinajstić information content (AvgIpc) is 2.70. The van der Waals surface area contributed by atoms with Crippen LogP contribution in [0.2, 0.25) is 0 Å². The number of fused-ring (bicyclic) bond motifs is 1. The molecule has 3 rings (SSSR count). The molecule has 6 heteroatoms. The fourth-order valence-electron chi connectivity index (χ4n) is 2.96.